The highest BCUT2D eigenvalue weighted by Gasteiger charge is 2.44. The van der Waals surface area contributed by atoms with Gasteiger partial charge in [0.05, 0.1) is 5.69 Å². The topological polar surface area (TPSA) is 29.0 Å². The minimum Gasteiger partial charge on any atom is -0.300 e. The van der Waals surface area contributed by atoms with Crippen LogP contribution < -0.4 is 0 Å². The van der Waals surface area contributed by atoms with Gasteiger partial charge < -0.3 is 0 Å². The molecule has 0 aromatic carbocycles. The summed E-state index contributed by atoms with van der Waals surface area (Å²) in [5, 5.41) is 0. The average Bonchev–Trinajstić information content (AvgIpc) is 3.03. The molecular formula is C17H18BrN3. The van der Waals surface area contributed by atoms with Crippen LogP contribution in [0.3, 0.4) is 0 Å². The number of hydrogen-bond acceptors (Lipinski definition) is 3. The van der Waals surface area contributed by atoms with Gasteiger partial charge in [-0.1, -0.05) is 6.07 Å². The molecule has 2 fully saturated rings. The highest BCUT2D eigenvalue weighted by molar-refractivity contribution is 9.10. The third-order valence-corrected chi connectivity index (χ3v) is 5.53. The van der Waals surface area contributed by atoms with Crippen LogP contribution in [0.5, 0.6) is 0 Å². The maximum absolute atomic E-state index is 4.54. The van der Waals surface area contributed by atoms with E-state index in [2.05, 4.69) is 43.9 Å². The van der Waals surface area contributed by atoms with E-state index in [0.717, 1.165) is 21.9 Å². The van der Waals surface area contributed by atoms with Gasteiger partial charge in [-0.3, -0.25) is 9.88 Å². The van der Waals surface area contributed by atoms with Crippen LogP contribution in [-0.4, -0.2) is 34.0 Å². The summed E-state index contributed by atoms with van der Waals surface area (Å²) in [6, 6.07) is 9.75. The first-order chi connectivity index (χ1) is 10.2. The van der Waals surface area contributed by atoms with Gasteiger partial charge in [0.25, 0.3) is 0 Å². The minimum atomic E-state index is 0.633. The van der Waals surface area contributed by atoms with Crippen molar-refractivity contribution in [2.45, 2.75) is 37.3 Å². The number of nitrogens with zero attached hydrogens (tertiary/aromatic N) is 3. The molecule has 108 valence electrons. The number of rotatable bonds is 2. The van der Waals surface area contributed by atoms with E-state index in [1.54, 1.807) is 0 Å². The summed E-state index contributed by atoms with van der Waals surface area (Å²) >= 11 is 3.44. The van der Waals surface area contributed by atoms with Gasteiger partial charge in [0.2, 0.25) is 0 Å². The molecule has 4 heterocycles. The fraction of sp³-hybridized carbons (Fsp3) is 0.412. The molecule has 2 aliphatic heterocycles. The quantitative estimate of drug-likeness (QED) is 0.775. The van der Waals surface area contributed by atoms with E-state index in [-0.39, 0.29) is 0 Å². The molecule has 4 heteroatoms. The van der Waals surface area contributed by atoms with Crippen molar-refractivity contribution in [1.29, 1.82) is 0 Å². The smallest absolute Gasteiger partial charge is 0.106 e. The van der Waals surface area contributed by atoms with Crippen molar-refractivity contribution in [3.63, 3.8) is 0 Å². The molecule has 2 bridgehead atoms. The van der Waals surface area contributed by atoms with Crippen LogP contribution in [0.25, 0.3) is 11.3 Å². The molecule has 0 aliphatic carbocycles. The van der Waals surface area contributed by atoms with E-state index in [1.165, 1.54) is 24.8 Å². The second kappa shape index (κ2) is 5.18. The Morgan fingerprint density at radius 3 is 2.86 bits per heavy atom. The van der Waals surface area contributed by atoms with Gasteiger partial charge in [0, 0.05) is 36.0 Å². The zero-order valence-corrected chi connectivity index (χ0v) is 13.6. The fourth-order valence-corrected chi connectivity index (χ4v) is 4.33. The Hall–Kier alpha value is -1.26. The zero-order valence-electron chi connectivity index (χ0n) is 12.0. The Labute approximate surface area is 133 Å². The molecule has 0 radical (unpaired) electrons. The van der Waals surface area contributed by atoms with Gasteiger partial charge in [0.15, 0.2) is 0 Å². The molecule has 2 aliphatic rings. The van der Waals surface area contributed by atoms with Crippen molar-refractivity contribution in [3.05, 3.63) is 46.8 Å². The monoisotopic (exact) mass is 343 g/mol. The van der Waals surface area contributed by atoms with Gasteiger partial charge in [0.1, 0.15) is 4.60 Å². The van der Waals surface area contributed by atoms with Crippen LogP contribution >= 0.6 is 15.9 Å². The summed E-state index contributed by atoms with van der Waals surface area (Å²) in [7, 11) is 2.27. The molecule has 0 spiro atoms. The molecule has 3 unspecified atom stereocenters. The van der Waals surface area contributed by atoms with Crippen LogP contribution in [0.4, 0.5) is 0 Å². The standard InChI is InChI=1S/C17H18BrN3/c1-21-13-5-6-16(21)14(8-13)11-7-12(10-19-9-11)15-3-2-4-17(18)20-15/h2-4,7,9-10,13-14,16H,5-6,8H2,1H3. The Morgan fingerprint density at radius 1 is 1.24 bits per heavy atom. The summed E-state index contributed by atoms with van der Waals surface area (Å²) in [4.78, 5) is 11.6. The van der Waals surface area contributed by atoms with Gasteiger partial charge in [-0.05, 0) is 66.0 Å². The molecule has 2 aromatic heterocycles. The molecule has 3 nitrogen and oxygen atoms in total. The molecule has 0 amide bonds. The van der Waals surface area contributed by atoms with E-state index in [9.17, 15) is 0 Å². The summed E-state index contributed by atoms with van der Waals surface area (Å²) in [6.07, 6.45) is 7.91. The molecule has 2 saturated heterocycles. The number of fused-ring (bicyclic) bond motifs is 2. The Morgan fingerprint density at radius 2 is 2.14 bits per heavy atom. The maximum Gasteiger partial charge on any atom is 0.106 e. The first-order valence-corrected chi connectivity index (χ1v) is 8.31. The molecule has 2 aromatic rings. The molecule has 3 atom stereocenters. The van der Waals surface area contributed by atoms with E-state index in [4.69, 9.17) is 0 Å². The third-order valence-electron chi connectivity index (χ3n) is 5.08. The summed E-state index contributed by atoms with van der Waals surface area (Å²) in [6.45, 7) is 0. The van der Waals surface area contributed by atoms with Crippen molar-refractivity contribution < 1.29 is 0 Å². The van der Waals surface area contributed by atoms with E-state index in [1.807, 2.05) is 30.6 Å². The van der Waals surface area contributed by atoms with Gasteiger partial charge in [-0.15, -0.1) is 0 Å². The van der Waals surface area contributed by atoms with Crippen molar-refractivity contribution in [2.24, 2.45) is 0 Å². The number of halogens is 1. The first kappa shape index (κ1) is 13.4. The summed E-state index contributed by atoms with van der Waals surface area (Å²) < 4.78 is 0.866. The largest absolute Gasteiger partial charge is 0.300 e. The van der Waals surface area contributed by atoms with Crippen LogP contribution in [0.15, 0.2) is 41.3 Å². The lowest BCUT2D eigenvalue weighted by Gasteiger charge is -2.22. The van der Waals surface area contributed by atoms with Gasteiger partial charge >= 0.3 is 0 Å². The SMILES string of the molecule is CN1C2CCC1C(c1cncc(-c3cccc(Br)n3)c1)C2. The van der Waals surface area contributed by atoms with Crippen molar-refractivity contribution in [2.75, 3.05) is 7.05 Å². The lowest BCUT2D eigenvalue weighted by atomic mass is 9.84. The van der Waals surface area contributed by atoms with Crippen LogP contribution in [0.1, 0.15) is 30.7 Å². The van der Waals surface area contributed by atoms with Crippen LogP contribution in [-0.2, 0) is 0 Å². The predicted octanol–water partition coefficient (Wildman–Crippen LogP) is 3.86. The van der Waals surface area contributed by atoms with Gasteiger partial charge in [-0.2, -0.15) is 0 Å². The van der Waals surface area contributed by atoms with Crippen molar-refractivity contribution in [3.8, 4) is 11.3 Å². The summed E-state index contributed by atoms with van der Waals surface area (Å²) in [5.41, 5.74) is 3.46. The lowest BCUT2D eigenvalue weighted by Crippen LogP contribution is -2.25. The highest BCUT2D eigenvalue weighted by atomic mass is 79.9. The Bertz CT molecular complexity index is 673. The predicted molar refractivity (Wildman–Crippen MR) is 87.1 cm³/mol. The lowest BCUT2D eigenvalue weighted by molar-refractivity contribution is 0.307. The molecule has 21 heavy (non-hydrogen) atoms. The summed E-state index contributed by atoms with van der Waals surface area (Å²) in [5.74, 6) is 0.633. The minimum absolute atomic E-state index is 0.633. The van der Waals surface area contributed by atoms with Crippen molar-refractivity contribution >= 4 is 15.9 Å². The van der Waals surface area contributed by atoms with Crippen LogP contribution in [0, 0.1) is 0 Å². The van der Waals surface area contributed by atoms with E-state index < -0.39 is 0 Å². The second-order valence-corrected chi connectivity index (χ2v) is 6.97. The molecule has 0 saturated carbocycles. The number of likely N-dealkylation sites (N-methyl/N-ethyl adjacent to an activating group) is 1. The van der Waals surface area contributed by atoms with E-state index >= 15 is 0 Å². The number of hydrogen-bond donors (Lipinski definition) is 0. The van der Waals surface area contributed by atoms with E-state index in [0.29, 0.717) is 12.0 Å². The Kier molecular flexibility index (Phi) is 3.31. The van der Waals surface area contributed by atoms with Crippen molar-refractivity contribution in [1.82, 2.24) is 14.9 Å². The average molecular weight is 344 g/mol. The zero-order chi connectivity index (χ0) is 14.4. The second-order valence-electron chi connectivity index (χ2n) is 6.16. The highest BCUT2D eigenvalue weighted by Crippen LogP contribution is 2.45. The molecule has 4 rings (SSSR count). The maximum atomic E-state index is 4.54. The molecule has 0 N–H and O–H groups in total. The third kappa shape index (κ3) is 2.30. The van der Waals surface area contributed by atoms with Crippen LogP contribution in [0.2, 0.25) is 0 Å². The number of aromatic nitrogens is 2. The normalized spacial score (nSPS) is 28.2. The first-order valence-electron chi connectivity index (χ1n) is 7.52. The number of pyridine rings is 2. The Balaban J connectivity index is 1.68. The fourth-order valence-electron chi connectivity index (χ4n) is 3.99. The molecular weight excluding hydrogens is 326 g/mol. The van der Waals surface area contributed by atoms with Gasteiger partial charge in [-0.25, -0.2) is 4.98 Å².